The van der Waals surface area contributed by atoms with Crippen molar-refractivity contribution in [3.05, 3.63) is 53.6 Å². The van der Waals surface area contributed by atoms with Gasteiger partial charge < -0.3 is 20.7 Å². The lowest BCUT2D eigenvalue weighted by molar-refractivity contribution is -0.0498. The van der Waals surface area contributed by atoms with Crippen LogP contribution in [0.4, 0.5) is 25.0 Å². The number of anilines is 2. The summed E-state index contributed by atoms with van der Waals surface area (Å²) in [6, 6.07) is 11.4. The Morgan fingerprint density at radius 1 is 1.20 bits per heavy atom. The highest BCUT2D eigenvalue weighted by molar-refractivity contribution is 5.89. The number of hydrogen-bond donors (Lipinski definition) is 3. The second-order valence-electron chi connectivity index (χ2n) is 5.68. The number of halogens is 2. The Morgan fingerprint density at radius 3 is 2.76 bits per heavy atom. The van der Waals surface area contributed by atoms with Gasteiger partial charge in [-0.25, -0.2) is 4.79 Å². The predicted molar refractivity (Wildman–Crippen MR) is 92.2 cm³/mol. The summed E-state index contributed by atoms with van der Waals surface area (Å²) in [5.41, 5.74) is 3.94. The van der Waals surface area contributed by atoms with Gasteiger partial charge in [-0.15, -0.1) is 0 Å². The van der Waals surface area contributed by atoms with Gasteiger partial charge in [0.2, 0.25) is 0 Å². The van der Waals surface area contributed by atoms with E-state index in [2.05, 4.69) is 20.7 Å². The number of amides is 2. The average molecular weight is 347 g/mol. The average Bonchev–Trinajstić information content (AvgIpc) is 2.61. The summed E-state index contributed by atoms with van der Waals surface area (Å²) in [5.74, 6) is 0.0457. The monoisotopic (exact) mass is 347 g/mol. The third-order valence-corrected chi connectivity index (χ3v) is 3.97. The minimum atomic E-state index is -2.87. The molecular weight excluding hydrogens is 328 g/mol. The van der Waals surface area contributed by atoms with Crippen LogP contribution in [0.2, 0.25) is 0 Å². The molecule has 0 unspecified atom stereocenters. The number of alkyl halides is 2. The third kappa shape index (κ3) is 4.59. The summed E-state index contributed by atoms with van der Waals surface area (Å²) in [7, 11) is 0. The molecule has 0 atom stereocenters. The number of hydrogen-bond acceptors (Lipinski definition) is 3. The van der Waals surface area contributed by atoms with Gasteiger partial charge in [0.05, 0.1) is 0 Å². The minimum Gasteiger partial charge on any atom is -0.435 e. The summed E-state index contributed by atoms with van der Waals surface area (Å²) < 4.78 is 28.5. The maximum Gasteiger partial charge on any atom is 0.387 e. The van der Waals surface area contributed by atoms with E-state index >= 15 is 0 Å². The molecule has 0 saturated heterocycles. The summed E-state index contributed by atoms with van der Waals surface area (Å²) in [6.45, 7) is -1.48. The second kappa shape index (κ2) is 7.83. The molecule has 0 spiro atoms. The topological polar surface area (TPSA) is 62.4 Å². The number of ether oxygens (including phenoxy) is 1. The number of carbonyl (C=O) groups is 1. The van der Waals surface area contributed by atoms with E-state index in [9.17, 15) is 13.6 Å². The first-order chi connectivity index (χ1) is 12.1. The molecule has 3 rings (SSSR count). The molecule has 132 valence electrons. The normalized spacial score (nSPS) is 12.9. The largest absolute Gasteiger partial charge is 0.435 e. The Morgan fingerprint density at radius 2 is 2.00 bits per heavy atom. The van der Waals surface area contributed by atoms with Crippen molar-refractivity contribution in [2.45, 2.75) is 26.0 Å². The van der Waals surface area contributed by atoms with Crippen LogP contribution in [0.25, 0.3) is 0 Å². The highest BCUT2D eigenvalue weighted by atomic mass is 19.3. The molecule has 2 aromatic rings. The number of fused-ring (bicyclic) bond motifs is 1. The highest BCUT2D eigenvalue weighted by Gasteiger charge is 2.13. The van der Waals surface area contributed by atoms with E-state index < -0.39 is 6.61 Å². The quantitative estimate of drug-likeness (QED) is 0.767. The van der Waals surface area contributed by atoms with Crippen molar-refractivity contribution in [1.82, 2.24) is 5.32 Å². The van der Waals surface area contributed by atoms with Crippen molar-refractivity contribution in [2.24, 2.45) is 0 Å². The van der Waals surface area contributed by atoms with Crippen LogP contribution < -0.4 is 20.7 Å². The molecule has 0 aromatic heterocycles. The van der Waals surface area contributed by atoms with E-state index in [0.29, 0.717) is 12.2 Å². The Kier molecular flexibility index (Phi) is 5.33. The predicted octanol–water partition coefficient (Wildman–Crippen LogP) is 3.97. The minimum absolute atomic E-state index is 0.0457. The number of nitrogens with one attached hydrogen (secondary N) is 3. The van der Waals surface area contributed by atoms with Crippen molar-refractivity contribution in [3.63, 3.8) is 0 Å². The SMILES string of the molecule is O=C(NCc1cccc2c1CCCN2)Nc1ccc(OC(F)F)cc1. The van der Waals surface area contributed by atoms with E-state index in [1.807, 2.05) is 18.2 Å². The molecule has 1 aliphatic rings. The molecule has 1 heterocycles. The van der Waals surface area contributed by atoms with Crippen LogP contribution in [0.3, 0.4) is 0 Å². The molecule has 25 heavy (non-hydrogen) atoms. The zero-order chi connectivity index (χ0) is 17.6. The van der Waals surface area contributed by atoms with Crippen LogP contribution in [0.1, 0.15) is 17.5 Å². The molecule has 0 bridgehead atoms. The first-order valence-corrected chi connectivity index (χ1v) is 8.06. The van der Waals surface area contributed by atoms with E-state index in [-0.39, 0.29) is 11.8 Å². The molecule has 0 aliphatic carbocycles. The van der Waals surface area contributed by atoms with Crippen molar-refractivity contribution in [2.75, 3.05) is 17.2 Å². The van der Waals surface area contributed by atoms with E-state index in [4.69, 9.17) is 0 Å². The first kappa shape index (κ1) is 17.0. The maximum absolute atomic E-state index is 12.1. The van der Waals surface area contributed by atoms with Gasteiger partial charge in [0.1, 0.15) is 5.75 Å². The molecule has 5 nitrogen and oxygen atoms in total. The van der Waals surface area contributed by atoms with E-state index in [1.165, 1.54) is 29.8 Å². The van der Waals surface area contributed by atoms with Crippen LogP contribution in [-0.2, 0) is 13.0 Å². The van der Waals surface area contributed by atoms with Gasteiger partial charge in [-0.1, -0.05) is 12.1 Å². The fourth-order valence-corrected chi connectivity index (χ4v) is 2.82. The Balaban J connectivity index is 1.55. The molecule has 3 N–H and O–H groups in total. The Labute approximate surface area is 144 Å². The number of carbonyl (C=O) groups excluding carboxylic acids is 1. The third-order valence-electron chi connectivity index (χ3n) is 3.97. The molecule has 0 fully saturated rings. The molecule has 7 heteroatoms. The van der Waals surface area contributed by atoms with Gasteiger partial charge in [0.15, 0.2) is 0 Å². The Bertz CT molecular complexity index is 736. The summed E-state index contributed by atoms with van der Waals surface area (Å²) in [6.07, 6.45) is 2.07. The van der Waals surface area contributed by atoms with Gasteiger partial charge >= 0.3 is 12.6 Å². The highest BCUT2D eigenvalue weighted by Crippen LogP contribution is 2.25. The van der Waals surface area contributed by atoms with Gasteiger partial charge in [-0.05, 0) is 54.3 Å². The Hall–Kier alpha value is -2.83. The zero-order valence-corrected chi connectivity index (χ0v) is 13.5. The summed E-state index contributed by atoms with van der Waals surface area (Å²) >= 11 is 0. The molecule has 0 radical (unpaired) electrons. The van der Waals surface area contributed by atoms with E-state index in [0.717, 1.165) is 30.6 Å². The van der Waals surface area contributed by atoms with Gasteiger partial charge in [-0.3, -0.25) is 0 Å². The van der Waals surface area contributed by atoms with Crippen LogP contribution in [0, 0.1) is 0 Å². The molecule has 2 aromatic carbocycles. The van der Waals surface area contributed by atoms with Crippen molar-refractivity contribution >= 4 is 17.4 Å². The second-order valence-corrected chi connectivity index (χ2v) is 5.68. The van der Waals surface area contributed by atoms with E-state index in [1.54, 1.807) is 0 Å². The van der Waals surface area contributed by atoms with Crippen LogP contribution in [0.15, 0.2) is 42.5 Å². The van der Waals surface area contributed by atoms with Crippen LogP contribution in [-0.4, -0.2) is 19.2 Å². The van der Waals surface area contributed by atoms with Gasteiger partial charge in [0, 0.05) is 24.5 Å². The fourth-order valence-electron chi connectivity index (χ4n) is 2.82. The standard InChI is InChI=1S/C18H19F2N3O2/c19-17(20)25-14-8-6-13(7-9-14)23-18(24)22-11-12-3-1-5-16-15(12)4-2-10-21-16/h1,3,5-9,17,21H,2,4,10-11H2,(H2,22,23,24). The molecule has 0 saturated carbocycles. The zero-order valence-electron chi connectivity index (χ0n) is 13.5. The lowest BCUT2D eigenvalue weighted by Crippen LogP contribution is -2.29. The fraction of sp³-hybridized carbons (Fsp3) is 0.278. The van der Waals surface area contributed by atoms with Crippen LogP contribution in [0.5, 0.6) is 5.75 Å². The van der Waals surface area contributed by atoms with Crippen LogP contribution >= 0.6 is 0 Å². The molecular formula is C18H19F2N3O2. The first-order valence-electron chi connectivity index (χ1n) is 8.06. The summed E-state index contributed by atoms with van der Waals surface area (Å²) in [4.78, 5) is 12.0. The number of urea groups is 1. The lowest BCUT2D eigenvalue weighted by atomic mass is 9.97. The smallest absolute Gasteiger partial charge is 0.387 e. The van der Waals surface area contributed by atoms with Gasteiger partial charge in [0.25, 0.3) is 0 Å². The summed E-state index contributed by atoms with van der Waals surface area (Å²) in [5, 5.41) is 8.83. The van der Waals surface area contributed by atoms with Crippen molar-refractivity contribution < 1.29 is 18.3 Å². The van der Waals surface area contributed by atoms with Crippen molar-refractivity contribution in [3.8, 4) is 5.75 Å². The lowest BCUT2D eigenvalue weighted by Gasteiger charge is -2.21. The number of benzene rings is 2. The van der Waals surface area contributed by atoms with Gasteiger partial charge in [-0.2, -0.15) is 8.78 Å². The maximum atomic E-state index is 12.1. The van der Waals surface area contributed by atoms with Crippen molar-refractivity contribution in [1.29, 1.82) is 0 Å². The molecule has 2 amide bonds. The molecule has 1 aliphatic heterocycles. The number of rotatable bonds is 5.